The van der Waals surface area contributed by atoms with E-state index in [0.717, 1.165) is 110 Å². The van der Waals surface area contributed by atoms with Crippen molar-refractivity contribution in [1.29, 1.82) is 0 Å². The Hall–Kier alpha value is -9.14. The molecule has 0 N–H and O–H groups in total. The number of hydrogen-bond acceptors (Lipinski definition) is 20. The molecule has 0 bridgehead atoms. The highest BCUT2D eigenvalue weighted by atomic mass is 32.3. The summed E-state index contributed by atoms with van der Waals surface area (Å²) in [5.41, 5.74) is 0.817. The van der Waals surface area contributed by atoms with Crippen molar-refractivity contribution >= 4 is 123 Å². The van der Waals surface area contributed by atoms with Crippen LogP contribution in [0.4, 0.5) is 22.7 Å². The largest absolute Gasteiger partial charge is 0.277 e. The number of benzene rings is 10. The van der Waals surface area contributed by atoms with Crippen molar-refractivity contribution < 1.29 is 84.2 Å². The Balaban J connectivity index is 1.10. The summed E-state index contributed by atoms with van der Waals surface area (Å²) in [5, 5.41) is 0. The molecule has 0 aromatic heterocycles. The molecule has 0 atom stereocenters. The van der Waals surface area contributed by atoms with Crippen molar-refractivity contribution in [3.8, 4) is 0 Å². The zero-order valence-electron chi connectivity index (χ0n) is 59.5. The molecule has 10 aromatic rings. The monoisotopic (exact) mass is 1670 g/mol. The highest BCUT2D eigenvalue weighted by molar-refractivity contribution is 8.12. The van der Waals surface area contributed by atoms with Crippen LogP contribution < -0.4 is 14.8 Å². The molecule has 576 valence electrons. The second-order valence-electron chi connectivity index (χ2n) is 25.5. The molecule has 35 heteroatoms. The van der Waals surface area contributed by atoms with Crippen molar-refractivity contribution in [2.24, 2.45) is 0 Å². The number of rotatable bonds is 31. The Morgan fingerprint density at radius 1 is 0.183 bits per heavy atom. The Morgan fingerprint density at radius 2 is 0.321 bits per heavy atom. The molecule has 0 amide bonds. The van der Waals surface area contributed by atoms with Gasteiger partial charge < -0.3 is 0 Å². The minimum Gasteiger partial charge on any atom is -0.206 e. The van der Waals surface area contributed by atoms with Gasteiger partial charge in [-0.25, -0.2) is 84.2 Å². The van der Waals surface area contributed by atoms with Crippen LogP contribution >= 0.6 is 0 Å². The summed E-state index contributed by atoms with van der Waals surface area (Å²) in [4.78, 5) is -6.59. The van der Waals surface area contributed by atoms with Gasteiger partial charge >= 0.3 is 0 Å². The van der Waals surface area contributed by atoms with E-state index in [0.29, 0.717) is 101 Å². The van der Waals surface area contributed by atoms with Crippen molar-refractivity contribution in [3.63, 3.8) is 0 Å². The van der Waals surface area contributed by atoms with Crippen LogP contribution in [0, 0.1) is 41.5 Å². The SMILES string of the molecule is CCCCCCCCN(S(=O)(=O)c1ccc(N(S(=O)(=O)c2ccc(C)cc2)S(=O)(=O)c2ccc(C)cc2)cc1)S(=O)(=O)c1ccc(N(S(=O)(=O)c2ccc(N(S(=O)(=O)c3ccc(C)cc3)S(=O)(=O)c3ccc(C)cc3)cc2)S(=O)(=O)c2ccc(N(S(=O)(=O)c3ccc(C)cc3)S(=O)(=O)c3ccc(C)cc3)cc2)cc1. The lowest BCUT2D eigenvalue weighted by atomic mass is 10.1. The van der Waals surface area contributed by atoms with Gasteiger partial charge in [-0.15, -0.1) is 0 Å². The van der Waals surface area contributed by atoms with Gasteiger partial charge in [0, 0.05) is 6.54 Å². The number of aryl methyl sites for hydroxylation is 6. The Morgan fingerprint density at radius 3 is 0.486 bits per heavy atom. The smallest absolute Gasteiger partial charge is 0.206 e. The molecule has 0 unspecified atom stereocenters. The van der Waals surface area contributed by atoms with Crippen LogP contribution in [-0.2, 0) is 100 Å². The highest BCUT2D eigenvalue weighted by Gasteiger charge is 2.44. The number of hydrogen-bond donors (Lipinski definition) is 0. The molecule has 0 spiro atoms. The van der Waals surface area contributed by atoms with E-state index in [1.807, 2.05) is 6.92 Å². The maximum absolute atomic E-state index is 15.6. The lowest BCUT2D eigenvalue weighted by Gasteiger charge is -2.27. The minimum atomic E-state index is -5.76. The summed E-state index contributed by atoms with van der Waals surface area (Å²) in [6, 6.07) is 42.7. The average molecular weight is 1680 g/mol. The Kier molecular flexibility index (Phi) is 23.9. The minimum absolute atomic E-state index is 0.0571. The average Bonchev–Trinajstić information content (AvgIpc) is 0.750. The number of nitrogens with zero attached hydrogens (tertiary/aromatic N) is 5. The van der Waals surface area contributed by atoms with E-state index >= 15 is 33.7 Å². The maximum Gasteiger partial charge on any atom is 0.277 e. The van der Waals surface area contributed by atoms with E-state index in [1.165, 1.54) is 97.1 Å². The number of unbranched alkanes of at least 4 members (excludes halogenated alkanes) is 5. The van der Waals surface area contributed by atoms with Gasteiger partial charge in [0.05, 0.1) is 71.7 Å². The van der Waals surface area contributed by atoms with Crippen LogP contribution in [0.3, 0.4) is 0 Å². The lowest BCUT2D eigenvalue weighted by Crippen LogP contribution is -2.39. The molecular formula is C74H75N5O20S10. The van der Waals surface area contributed by atoms with Gasteiger partial charge in [-0.1, -0.05) is 149 Å². The molecule has 25 nitrogen and oxygen atoms in total. The first kappa shape index (κ1) is 82.4. The number of sulfonamides is 10. The molecule has 0 aliphatic carbocycles. The zero-order valence-corrected chi connectivity index (χ0v) is 67.7. The Labute approximate surface area is 638 Å². The van der Waals surface area contributed by atoms with Crippen molar-refractivity contribution in [3.05, 3.63) is 276 Å². The number of anilines is 4. The Bertz CT molecular complexity index is 5800. The van der Waals surface area contributed by atoms with Crippen molar-refractivity contribution in [2.45, 2.75) is 136 Å². The molecular weight excluding hydrogens is 1600 g/mol. The van der Waals surface area contributed by atoms with Gasteiger partial charge in [0.2, 0.25) is 0 Å². The van der Waals surface area contributed by atoms with E-state index in [4.69, 9.17) is 0 Å². The van der Waals surface area contributed by atoms with Crippen LogP contribution in [0.25, 0.3) is 0 Å². The molecule has 0 fully saturated rings. The fourth-order valence-corrected chi connectivity index (χ4v) is 29.7. The third-order valence-electron chi connectivity index (χ3n) is 17.3. The quantitative estimate of drug-likeness (QED) is 0.0364. The highest BCUT2D eigenvalue weighted by Crippen LogP contribution is 2.40. The summed E-state index contributed by atoms with van der Waals surface area (Å²) in [5.74, 6) is 0. The molecule has 0 aliphatic heterocycles. The third-order valence-corrected chi connectivity index (χ3v) is 38.5. The predicted octanol–water partition coefficient (Wildman–Crippen LogP) is 12.6. The van der Waals surface area contributed by atoms with Crippen molar-refractivity contribution in [1.82, 2.24) is 3.71 Å². The predicted molar refractivity (Wildman–Crippen MR) is 415 cm³/mol. The summed E-state index contributed by atoms with van der Waals surface area (Å²) < 4.78 is 299. The van der Waals surface area contributed by atoms with E-state index in [-0.39, 0.29) is 25.0 Å². The normalized spacial score (nSPS) is 12.9. The standard InChI is InChI=1S/C74H75N5O20S10/c1-8-9-10-11-12-13-54-75(100(80,81)65-46-26-61(27-47-65)76(102(84,85)67-34-14-55(2)15-35-67)103(86,87)68-36-16-56(3)17-37-68)101(82,83)66-48-28-62(29-49-66)79(108(96,97)73-50-30-63(31-51-73)77(104(88,89)69-38-18-57(4)19-39-69)105(90,91)70-40-20-58(5)21-41-70)109(98,99)74-52-32-64(33-53-74)78(106(92,93)71-42-22-59(6)23-43-71)107(94,95)72-44-24-60(7)25-45-72/h14-53H,8-13,54H2,1-7H3. The summed E-state index contributed by atoms with van der Waals surface area (Å²) >= 11 is 0. The van der Waals surface area contributed by atoms with Crippen LogP contribution in [0.1, 0.15) is 78.8 Å². The zero-order chi connectivity index (χ0) is 79.7. The topological polar surface area (TPSA) is 358 Å². The van der Waals surface area contributed by atoms with E-state index < -0.39 is 178 Å². The van der Waals surface area contributed by atoms with Crippen LogP contribution in [0.15, 0.2) is 292 Å². The van der Waals surface area contributed by atoms with Gasteiger partial charge in [0.25, 0.3) is 100 Å². The first-order valence-electron chi connectivity index (χ1n) is 33.3. The molecule has 109 heavy (non-hydrogen) atoms. The van der Waals surface area contributed by atoms with E-state index in [9.17, 15) is 50.5 Å². The molecule has 0 heterocycles. The lowest BCUT2D eigenvalue weighted by molar-refractivity contribution is 0.479. The van der Waals surface area contributed by atoms with Gasteiger partial charge in [-0.3, -0.25) is 0 Å². The van der Waals surface area contributed by atoms with Crippen LogP contribution in [0.2, 0.25) is 0 Å². The van der Waals surface area contributed by atoms with E-state index in [2.05, 4.69) is 0 Å². The molecule has 0 radical (unpaired) electrons. The molecule has 10 aromatic carbocycles. The maximum atomic E-state index is 15.6. The van der Waals surface area contributed by atoms with Gasteiger partial charge in [-0.2, -0.15) is 14.8 Å². The molecule has 0 aliphatic rings. The fraction of sp³-hybridized carbons (Fsp3) is 0.189. The van der Waals surface area contributed by atoms with Crippen molar-refractivity contribution in [2.75, 3.05) is 21.4 Å². The van der Waals surface area contributed by atoms with E-state index in [1.54, 1.807) is 41.5 Å². The second kappa shape index (κ2) is 31.7. The van der Waals surface area contributed by atoms with Gasteiger partial charge in [0.1, 0.15) is 0 Å². The third kappa shape index (κ3) is 16.8. The molecule has 10 rings (SSSR count). The van der Waals surface area contributed by atoms with Crippen LogP contribution in [-0.4, -0.2) is 94.4 Å². The van der Waals surface area contributed by atoms with Gasteiger partial charge in [0.15, 0.2) is 0 Å². The summed E-state index contributed by atoms with van der Waals surface area (Å²) in [7, 11) is -52.9. The second-order valence-corrected chi connectivity index (χ2v) is 44.6. The first-order chi connectivity index (χ1) is 51.0. The van der Waals surface area contributed by atoms with Gasteiger partial charge in [-0.05, 0) is 218 Å². The summed E-state index contributed by atoms with van der Waals surface area (Å²) in [6.07, 6.45) is 3.04. The first-order valence-corrected chi connectivity index (χ1v) is 47.7. The molecule has 0 saturated carbocycles. The van der Waals surface area contributed by atoms with Crippen LogP contribution in [0.5, 0.6) is 0 Å². The molecule has 0 saturated heterocycles. The fourth-order valence-electron chi connectivity index (χ4n) is 11.2. The summed E-state index contributed by atoms with van der Waals surface area (Å²) in [6.45, 7) is 11.1.